The zero-order valence-corrected chi connectivity index (χ0v) is 11.8. The van der Waals surface area contributed by atoms with Crippen LogP contribution in [0.2, 0.25) is 0 Å². The Morgan fingerprint density at radius 2 is 1.67 bits per heavy atom. The summed E-state index contributed by atoms with van der Waals surface area (Å²) < 4.78 is 9.93. The van der Waals surface area contributed by atoms with Crippen LogP contribution in [-0.4, -0.2) is 30.2 Å². The van der Waals surface area contributed by atoms with E-state index in [1.54, 1.807) is 31.4 Å². The fourth-order valence-corrected chi connectivity index (χ4v) is 2.01. The van der Waals surface area contributed by atoms with Gasteiger partial charge in [0.1, 0.15) is 5.75 Å². The van der Waals surface area contributed by atoms with Crippen molar-refractivity contribution in [3.05, 3.63) is 47.5 Å². The second-order valence-corrected chi connectivity index (χ2v) is 4.46. The van der Waals surface area contributed by atoms with E-state index < -0.39 is 0 Å². The quantitative estimate of drug-likeness (QED) is 0.827. The smallest absolute Gasteiger partial charge is 0.203 e. The van der Waals surface area contributed by atoms with E-state index in [0.717, 1.165) is 5.56 Å². The molecular formula is C16H16O5. The van der Waals surface area contributed by atoms with Crippen molar-refractivity contribution in [1.82, 2.24) is 0 Å². The molecule has 2 aromatic carbocycles. The number of ether oxygens (including phenoxy) is 2. The number of phenols is 2. The summed E-state index contributed by atoms with van der Waals surface area (Å²) in [6.45, 7) is 0. The van der Waals surface area contributed by atoms with E-state index in [-0.39, 0.29) is 35.0 Å². The lowest BCUT2D eigenvalue weighted by Crippen LogP contribution is -2.04. The van der Waals surface area contributed by atoms with E-state index in [0.29, 0.717) is 5.75 Å². The highest BCUT2D eigenvalue weighted by atomic mass is 16.5. The Kier molecular flexibility index (Phi) is 4.33. The lowest BCUT2D eigenvalue weighted by molar-refractivity contribution is 0.0989. The zero-order valence-electron chi connectivity index (χ0n) is 11.8. The van der Waals surface area contributed by atoms with Crippen LogP contribution in [0.4, 0.5) is 0 Å². The number of methoxy groups -OCH3 is 2. The van der Waals surface area contributed by atoms with Crippen molar-refractivity contribution < 1.29 is 24.5 Å². The second kappa shape index (κ2) is 6.17. The standard InChI is InChI=1S/C16H16O5/c1-20-11-5-3-10(4-6-11)9-14(18)12-7-8-13(17)16(21-2)15(12)19/h3-8,17,19H,9H2,1-2H3. The molecule has 0 heterocycles. The number of hydrogen-bond acceptors (Lipinski definition) is 5. The summed E-state index contributed by atoms with van der Waals surface area (Å²) in [6.07, 6.45) is 0.130. The van der Waals surface area contributed by atoms with Crippen LogP contribution in [0.5, 0.6) is 23.0 Å². The molecule has 110 valence electrons. The normalized spacial score (nSPS) is 10.2. The minimum Gasteiger partial charge on any atom is -0.504 e. The highest BCUT2D eigenvalue weighted by Crippen LogP contribution is 2.38. The van der Waals surface area contributed by atoms with Gasteiger partial charge in [0.15, 0.2) is 17.3 Å². The molecule has 0 aromatic heterocycles. The van der Waals surface area contributed by atoms with Gasteiger partial charge >= 0.3 is 0 Å². The first-order valence-electron chi connectivity index (χ1n) is 6.32. The van der Waals surface area contributed by atoms with Gasteiger partial charge in [0.2, 0.25) is 5.75 Å². The van der Waals surface area contributed by atoms with Crippen molar-refractivity contribution in [3.8, 4) is 23.0 Å². The Hall–Kier alpha value is -2.69. The molecule has 5 heteroatoms. The van der Waals surface area contributed by atoms with E-state index in [4.69, 9.17) is 9.47 Å². The largest absolute Gasteiger partial charge is 0.504 e. The van der Waals surface area contributed by atoms with Crippen molar-refractivity contribution >= 4 is 5.78 Å². The lowest BCUT2D eigenvalue weighted by atomic mass is 10.0. The second-order valence-electron chi connectivity index (χ2n) is 4.46. The number of phenolic OH excluding ortho intramolecular Hbond substituents is 2. The number of aromatic hydroxyl groups is 2. The number of carbonyl (C=O) groups is 1. The molecule has 0 unspecified atom stereocenters. The molecule has 21 heavy (non-hydrogen) atoms. The van der Waals surface area contributed by atoms with Crippen LogP contribution in [0.15, 0.2) is 36.4 Å². The van der Waals surface area contributed by atoms with Crippen molar-refractivity contribution in [2.75, 3.05) is 14.2 Å². The van der Waals surface area contributed by atoms with Gasteiger partial charge in [-0.3, -0.25) is 4.79 Å². The SMILES string of the molecule is COc1ccc(CC(=O)c2ccc(O)c(OC)c2O)cc1. The van der Waals surface area contributed by atoms with Crippen LogP contribution >= 0.6 is 0 Å². The minimum atomic E-state index is -0.351. The number of rotatable bonds is 5. The van der Waals surface area contributed by atoms with Crippen LogP contribution < -0.4 is 9.47 Å². The van der Waals surface area contributed by atoms with Gasteiger partial charge in [-0.05, 0) is 29.8 Å². The molecule has 0 radical (unpaired) electrons. The first-order chi connectivity index (χ1) is 10.1. The summed E-state index contributed by atoms with van der Waals surface area (Å²) in [5.74, 6) is -0.223. The summed E-state index contributed by atoms with van der Waals surface area (Å²) >= 11 is 0. The van der Waals surface area contributed by atoms with E-state index in [2.05, 4.69) is 0 Å². The third kappa shape index (κ3) is 3.08. The van der Waals surface area contributed by atoms with E-state index >= 15 is 0 Å². The minimum absolute atomic E-state index is 0.101. The highest BCUT2D eigenvalue weighted by Gasteiger charge is 2.18. The Morgan fingerprint density at radius 3 is 2.24 bits per heavy atom. The van der Waals surface area contributed by atoms with Gasteiger partial charge in [-0.2, -0.15) is 0 Å². The molecule has 0 aliphatic heterocycles. The van der Waals surface area contributed by atoms with E-state index in [9.17, 15) is 15.0 Å². The fraction of sp³-hybridized carbons (Fsp3) is 0.188. The number of benzene rings is 2. The molecule has 2 aromatic rings. The zero-order chi connectivity index (χ0) is 15.4. The molecule has 2 rings (SSSR count). The average Bonchev–Trinajstić information content (AvgIpc) is 2.48. The molecule has 0 atom stereocenters. The Labute approximate surface area is 122 Å². The van der Waals surface area contributed by atoms with Crippen LogP contribution in [0, 0.1) is 0 Å². The monoisotopic (exact) mass is 288 g/mol. The molecule has 0 aliphatic carbocycles. The topological polar surface area (TPSA) is 76.0 Å². The molecule has 0 bridgehead atoms. The molecular weight excluding hydrogens is 272 g/mol. The number of ketones is 1. The fourth-order valence-electron chi connectivity index (χ4n) is 2.01. The summed E-state index contributed by atoms with van der Waals surface area (Å²) in [5, 5.41) is 19.5. The lowest BCUT2D eigenvalue weighted by Gasteiger charge is -2.10. The van der Waals surface area contributed by atoms with Crippen LogP contribution in [0.3, 0.4) is 0 Å². The van der Waals surface area contributed by atoms with Gasteiger partial charge in [0, 0.05) is 6.42 Å². The molecule has 0 saturated heterocycles. The molecule has 0 amide bonds. The van der Waals surface area contributed by atoms with Crippen molar-refractivity contribution in [3.63, 3.8) is 0 Å². The number of hydrogen-bond donors (Lipinski definition) is 2. The first-order valence-corrected chi connectivity index (χ1v) is 6.32. The average molecular weight is 288 g/mol. The third-order valence-electron chi connectivity index (χ3n) is 3.14. The van der Waals surface area contributed by atoms with Gasteiger partial charge in [0.05, 0.1) is 19.8 Å². The molecule has 0 spiro atoms. The molecule has 0 saturated carbocycles. The van der Waals surface area contributed by atoms with Crippen molar-refractivity contribution in [2.45, 2.75) is 6.42 Å². The Morgan fingerprint density at radius 1 is 1.00 bits per heavy atom. The molecule has 0 aliphatic rings. The van der Waals surface area contributed by atoms with Crippen LogP contribution in [-0.2, 0) is 6.42 Å². The summed E-state index contributed by atoms with van der Waals surface area (Å²) in [5.41, 5.74) is 0.910. The molecule has 0 fully saturated rings. The third-order valence-corrected chi connectivity index (χ3v) is 3.14. The van der Waals surface area contributed by atoms with Gasteiger partial charge in [0.25, 0.3) is 0 Å². The summed E-state index contributed by atoms with van der Waals surface area (Å²) in [4.78, 5) is 12.2. The first kappa shape index (κ1) is 14.7. The summed E-state index contributed by atoms with van der Waals surface area (Å²) in [7, 11) is 2.88. The van der Waals surface area contributed by atoms with Gasteiger partial charge < -0.3 is 19.7 Å². The van der Waals surface area contributed by atoms with Crippen LogP contribution in [0.25, 0.3) is 0 Å². The Bertz CT molecular complexity index is 646. The van der Waals surface area contributed by atoms with Crippen LogP contribution in [0.1, 0.15) is 15.9 Å². The van der Waals surface area contributed by atoms with Crippen molar-refractivity contribution in [1.29, 1.82) is 0 Å². The maximum absolute atomic E-state index is 12.2. The van der Waals surface area contributed by atoms with Gasteiger partial charge in [-0.25, -0.2) is 0 Å². The number of carbonyl (C=O) groups excluding carboxylic acids is 1. The molecule has 2 N–H and O–H groups in total. The maximum Gasteiger partial charge on any atom is 0.203 e. The number of Topliss-reactive ketones (excluding diaryl/α,β-unsaturated/α-hetero) is 1. The van der Waals surface area contributed by atoms with E-state index in [1.807, 2.05) is 0 Å². The highest BCUT2D eigenvalue weighted by molar-refractivity contribution is 6.01. The predicted octanol–water partition coefficient (Wildman–Crippen LogP) is 2.54. The Balaban J connectivity index is 2.24. The van der Waals surface area contributed by atoms with Gasteiger partial charge in [-0.1, -0.05) is 12.1 Å². The molecule has 5 nitrogen and oxygen atoms in total. The van der Waals surface area contributed by atoms with Gasteiger partial charge in [-0.15, -0.1) is 0 Å². The van der Waals surface area contributed by atoms with Crippen molar-refractivity contribution in [2.24, 2.45) is 0 Å². The predicted molar refractivity (Wildman–Crippen MR) is 77.4 cm³/mol. The maximum atomic E-state index is 12.2. The summed E-state index contributed by atoms with van der Waals surface area (Å²) in [6, 6.07) is 9.79. The van der Waals surface area contributed by atoms with E-state index in [1.165, 1.54) is 19.2 Å².